The number of amides is 1. The van der Waals surface area contributed by atoms with E-state index in [1.165, 1.54) is 5.56 Å². The molecule has 0 spiro atoms. The summed E-state index contributed by atoms with van der Waals surface area (Å²) in [5, 5.41) is 24.2. The average Bonchev–Trinajstić information content (AvgIpc) is 3.41. The predicted octanol–water partition coefficient (Wildman–Crippen LogP) is 3.50. The van der Waals surface area contributed by atoms with Crippen LogP contribution in [-0.2, 0) is 17.4 Å². The maximum absolute atomic E-state index is 12.5. The molecule has 0 bridgehead atoms. The Labute approximate surface area is 210 Å². The van der Waals surface area contributed by atoms with Crippen molar-refractivity contribution in [1.29, 1.82) is 0 Å². The Morgan fingerprint density at radius 3 is 2.71 bits per heavy atom. The maximum atomic E-state index is 12.5. The van der Waals surface area contributed by atoms with Crippen LogP contribution in [0.25, 0.3) is 10.9 Å². The standard InChI is InChI=1S/C26H36N6O2S/c1-16(2)25-28-12-22(35-25)26(34)9-7-19(8-10-26)32-14-18(15-32)29-23(33)13-27-24-20-11-17(3)5-6-21(20)31(4)30-24/h5-6,11-12,16,18-19,34H,7-10,13-15H2,1-4H3,(H,27,30)(H,29,33)/t19-,26-. The molecule has 2 aliphatic rings. The zero-order chi connectivity index (χ0) is 24.7. The molecule has 1 aliphatic carbocycles. The Morgan fingerprint density at radius 2 is 2.03 bits per heavy atom. The van der Waals surface area contributed by atoms with Crippen molar-refractivity contribution in [3.63, 3.8) is 0 Å². The highest BCUT2D eigenvalue weighted by Crippen LogP contribution is 2.42. The molecule has 2 aromatic heterocycles. The number of anilines is 1. The van der Waals surface area contributed by atoms with Crippen LogP contribution < -0.4 is 10.6 Å². The van der Waals surface area contributed by atoms with Crippen molar-refractivity contribution in [2.75, 3.05) is 25.0 Å². The topological polar surface area (TPSA) is 95.3 Å². The molecular formula is C26H36N6O2S. The van der Waals surface area contributed by atoms with Gasteiger partial charge >= 0.3 is 0 Å². The lowest BCUT2D eigenvalue weighted by Gasteiger charge is -2.48. The van der Waals surface area contributed by atoms with E-state index in [1.807, 2.05) is 17.9 Å². The summed E-state index contributed by atoms with van der Waals surface area (Å²) in [6.07, 6.45) is 5.36. The van der Waals surface area contributed by atoms with E-state index in [9.17, 15) is 9.90 Å². The van der Waals surface area contributed by atoms with Crippen LogP contribution in [0.1, 0.15) is 60.9 Å². The number of aryl methyl sites for hydroxylation is 2. The maximum Gasteiger partial charge on any atom is 0.239 e. The van der Waals surface area contributed by atoms with Crippen LogP contribution >= 0.6 is 11.3 Å². The van der Waals surface area contributed by atoms with Crippen LogP contribution in [0.3, 0.4) is 0 Å². The average molecular weight is 497 g/mol. The summed E-state index contributed by atoms with van der Waals surface area (Å²) in [7, 11) is 1.91. The van der Waals surface area contributed by atoms with Gasteiger partial charge in [0.05, 0.1) is 28.0 Å². The second kappa shape index (κ2) is 9.52. The highest BCUT2D eigenvalue weighted by molar-refractivity contribution is 7.11. The van der Waals surface area contributed by atoms with Gasteiger partial charge in [-0.3, -0.25) is 14.4 Å². The van der Waals surface area contributed by atoms with E-state index in [2.05, 4.69) is 64.6 Å². The Balaban J connectivity index is 1.07. The van der Waals surface area contributed by atoms with Gasteiger partial charge in [0.15, 0.2) is 5.82 Å². The highest BCUT2D eigenvalue weighted by Gasteiger charge is 2.41. The van der Waals surface area contributed by atoms with Gasteiger partial charge in [-0.05, 0) is 44.7 Å². The third-order valence-corrected chi connectivity index (χ3v) is 8.96. The van der Waals surface area contributed by atoms with E-state index in [0.717, 1.165) is 65.4 Å². The molecule has 1 aliphatic heterocycles. The quantitative estimate of drug-likeness (QED) is 0.463. The molecule has 3 aromatic rings. The van der Waals surface area contributed by atoms with E-state index < -0.39 is 5.60 Å². The van der Waals surface area contributed by atoms with Crippen LogP contribution in [0.15, 0.2) is 24.4 Å². The third-order valence-electron chi connectivity index (χ3n) is 7.47. The minimum absolute atomic E-state index is 0.00900. The largest absolute Gasteiger partial charge is 0.384 e. The molecule has 8 nitrogen and oxygen atoms in total. The molecule has 1 saturated carbocycles. The van der Waals surface area contributed by atoms with Gasteiger partial charge in [0.2, 0.25) is 5.91 Å². The molecule has 35 heavy (non-hydrogen) atoms. The van der Waals surface area contributed by atoms with Gasteiger partial charge in [-0.2, -0.15) is 5.10 Å². The summed E-state index contributed by atoms with van der Waals surface area (Å²) in [4.78, 5) is 20.5. The molecule has 3 heterocycles. The van der Waals surface area contributed by atoms with Crippen molar-refractivity contribution in [1.82, 2.24) is 25.0 Å². The first kappa shape index (κ1) is 24.2. The molecule has 1 amide bonds. The predicted molar refractivity (Wildman–Crippen MR) is 140 cm³/mol. The fraction of sp³-hybridized carbons (Fsp3) is 0.577. The number of fused-ring (bicyclic) bond motifs is 1. The van der Waals surface area contributed by atoms with Crippen molar-refractivity contribution in [2.24, 2.45) is 7.05 Å². The zero-order valence-corrected chi connectivity index (χ0v) is 21.9. The van der Waals surface area contributed by atoms with Crippen molar-refractivity contribution in [3.8, 4) is 0 Å². The van der Waals surface area contributed by atoms with Crippen LogP contribution in [0.5, 0.6) is 0 Å². The number of aromatic nitrogens is 3. The number of hydrogen-bond donors (Lipinski definition) is 3. The number of benzene rings is 1. The zero-order valence-electron chi connectivity index (χ0n) is 21.0. The fourth-order valence-corrected chi connectivity index (χ4v) is 6.38. The number of carbonyl (C=O) groups is 1. The molecule has 3 N–H and O–H groups in total. The summed E-state index contributed by atoms with van der Waals surface area (Å²) in [5.74, 6) is 1.13. The van der Waals surface area contributed by atoms with Gasteiger partial charge in [0, 0.05) is 43.7 Å². The lowest BCUT2D eigenvalue weighted by Crippen LogP contribution is -2.63. The molecule has 1 aromatic carbocycles. The summed E-state index contributed by atoms with van der Waals surface area (Å²) < 4.78 is 1.84. The summed E-state index contributed by atoms with van der Waals surface area (Å²) in [6.45, 7) is 8.29. The third kappa shape index (κ3) is 4.94. The van der Waals surface area contributed by atoms with Crippen LogP contribution in [-0.4, -0.2) is 62.4 Å². The van der Waals surface area contributed by atoms with Crippen LogP contribution in [0, 0.1) is 6.92 Å². The first-order chi connectivity index (χ1) is 16.7. The Hall–Kier alpha value is -2.49. The van der Waals surface area contributed by atoms with Crippen molar-refractivity contribution in [2.45, 2.75) is 70.1 Å². The van der Waals surface area contributed by atoms with E-state index in [-0.39, 0.29) is 18.5 Å². The molecule has 2 fully saturated rings. The Kier molecular flexibility index (Phi) is 6.59. The first-order valence-corrected chi connectivity index (χ1v) is 13.4. The van der Waals surface area contributed by atoms with Crippen molar-refractivity contribution >= 4 is 34.0 Å². The van der Waals surface area contributed by atoms with Crippen molar-refractivity contribution in [3.05, 3.63) is 39.8 Å². The summed E-state index contributed by atoms with van der Waals surface area (Å²) in [5.41, 5.74) is 1.48. The van der Waals surface area contributed by atoms with E-state index >= 15 is 0 Å². The van der Waals surface area contributed by atoms with Gasteiger partial charge in [-0.25, -0.2) is 4.98 Å². The number of rotatable bonds is 7. The smallest absolute Gasteiger partial charge is 0.239 e. The second-order valence-electron chi connectivity index (χ2n) is 10.5. The lowest BCUT2D eigenvalue weighted by atomic mass is 9.80. The SMILES string of the molecule is Cc1ccc2c(c1)c(NCC(=O)NC1CN([C@H]3CC[C@@](O)(c4cnc(C(C)C)s4)CC3)C1)nn2C. The second-order valence-corrected chi connectivity index (χ2v) is 11.6. The number of nitrogens with one attached hydrogen (secondary N) is 2. The Bertz CT molecular complexity index is 1200. The lowest BCUT2D eigenvalue weighted by molar-refractivity contribution is -0.121. The normalized spacial score (nSPS) is 23.5. The molecule has 0 unspecified atom stereocenters. The van der Waals surface area contributed by atoms with Crippen LogP contribution in [0.2, 0.25) is 0 Å². The summed E-state index contributed by atoms with van der Waals surface area (Å²) >= 11 is 1.65. The van der Waals surface area contributed by atoms with Crippen molar-refractivity contribution < 1.29 is 9.90 Å². The molecule has 0 atom stereocenters. The Morgan fingerprint density at radius 1 is 1.29 bits per heavy atom. The van der Waals surface area contributed by atoms with E-state index in [1.54, 1.807) is 11.3 Å². The van der Waals surface area contributed by atoms with Gasteiger partial charge in [-0.15, -0.1) is 11.3 Å². The highest BCUT2D eigenvalue weighted by atomic mass is 32.1. The monoisotopic (exact) mass is 496 g/mol. The number of nitrogens with zero attached hydrogens (tertiary/aromatic N) is 4. The number of hydrogen-bond acceptors (Lipinski definition) is 7. The van der Waals surface area contributed by atoms with E-state index in [0.29, 0.717) is 12.0 Å². The van der Waals surface area contributed by atoms with Crippen LogP contribution in [0.4, 0.5) is 5.82 Å². The molecule has 9 heteroatoms. The van der Waals surface area contributed by atoms with E-state index in [4.69, 9.17) is 0 Å². The number of carbonyl (C=O) groups excluding carboxylic acids is 1. The molecule has 0 radical (unpaired) electrons. The van der Waals surface area contributed by atoms with Gasteiger partial charge in [-0.1, -0.05) is 25.5 Å². The first-order valence-electron chi connectivity index (χ1n) is 12.6. The van der Waals surface area contributed by atoms with Gasteiger partial charge < -0.3 is 15.7 Å². The molecule has 5 rings (SSSR count). The number of thiazole rings is 1. The van der Waals surface area contributed by atoms with Gasteiger partial charge in [0.25, 0.3) is 0 Å². The molecule has 188 valence electrons. The number of aliphatic hydroxyl groups is 1. The van der Waals surface area contributed by atoms with Gasteiger partial charge in [0.1, 0.15) is 5.60 Å². The molecule has 1 saturated heterocycles. The summed E-state index contributed by atoms with van der Waals surface area (Å²) in [6, 6.07) is 6.87. The molecular weight excluding hydrogens is 460 g/mol. The fourth-order valence-electron chi connectivity index (χ4n) is 5.32. The minimum atomic E-state index is -0.736. The minimum Gasteiger partial charge on any atom is -0.384 e. The number of likely N-dealkylation sites (tertiary alicyclic amines) is 1.